The summed E-state index contributed by atoms with van der Waals surface area (Å²) in [6, 6.07) is 1.88. The highest BCUT2D eigenvalue weighted by atomic mass is 14.9. The van der Waals surface area contributed by atoms with Gasteiger partial charge in [-0.25, -0.2) is 9.97 Å². The molecule has 0 fully saturated rings. The summed E-state index contributed by atoms with van der Waals surface area (Å²) in [7, 11) is 0. The van der Waals surface area contributed by atoms with Crippen molar-refractivity contribution in [2.75, 3.05) is 0 Å². The van der Waals surface area contributed by atoms with Gasteiger partial charge in [0, 0.05) is 30.4 Å². The molecule has 0 aromatic rings. The third-order valence-electron chi connectivity index (χ3n) is 1.27. The second-order valence-electron chi connectivity index (χ2n) is 1.93. The number of hydrogen-bond acceptors (Lipinski definition) is 3. The van der Waals surface area contributed by atoms with Crippen LogP contribution in [0.4, 0.5) is 0 Å². The van der Waals surface area contributed by atoms with Gasteiger partial charge in [0.05, 0.1) is 0 Å². The number of nitrogens with zero attached hydrogens (tertiary/aromatic N) is 3. The zero-order valence-corrected chi connectivity index (χ0v) is 5.23. The molecule has 0 bridgehead atoms. The molecule has 2 aliphatic rings. The van der Waals surface area contributed by atoms with Crippen molar-refractivity contribution >= 4 is 0 Å². The van der Waals surface area contributed by atoms with E-state index in [4.69, 9.17) is 0 Å². The van der Waals surface area contributed by atoms with Crippen LogP contribution in [0.3, 0.4) is 0 Å². The Morgan fingerprint density at radius 3 is 2.90 bits per heavy atom. The second kappa shape index (κ2) is 2.02. The smallest absolute Gasteiger partial charge is 0.160 e. The molecular formula is C7H5N3. The summed E-state index contributed by atoms with van der Waals surface area (Å²) in [6.45, 7) is 0. The van der Waals surface area contributed by atoms with E-state index in [0.717, 1.165) is 11.4 Å². The van der Waals surface area contributed by atoms with E-state index in [1.165, 1.54) is 0 Å². The summed E-state index contributed by atoms with van der Waals surface area (Å²) >= 11 is 0. The molecular weight excluding hydrogens is 126 g/mol. The minimum absolute atomic E-state index is 0.748. The maximum absolute atomic E-state index is 4.03. The van der Waals surface area contributed by atoms with Gasteiger partial charge >= 0.3 is 0 Å². The van der Waals surface area contributed by atoms with Crippen LogP contribution < -0.4 is 0 Å². The van der Waals surface area contributed by atoms with Crippen LogP contribution in [0.5, 0.6) is 0 Å². The lowest BCUT2D eigenvalue weighted by molar-refractivity contribution is 1.25. The highest BCUT2D eigenvalue weighted by Crippen LogP contribution is 2.12. The predicted molar refractivity (Wildman–Crippen MR) is 36.4 cm³/mol. The number of hydrogen-bond donors (Lipinski definition) is 0. The fourth-order valence-electron chi connectivity index (χ4n) is 0.812. The van der Waals surface area contributed by atoms with Crippen LogP contribution in [0, 0.1) is 0 Å². The first-order chi connectivity index (χ1) is 4.97. The molecule has 0 spiro atoms. The average molecular weight is 131 g/mol. The van der Waals surface area contributed by atoms with Gasteiger partial charge in [0.1, 0.15) is 0 Å². The monoisotopic (exact) mass is 131 g/mol. The lowest BCUT2D eigenvalue weighted by Crippen LogP contribution is -1.73. The zero-order valence-electron chi connectivity index (χ0n) is 5.23. The van der Waals surface area contributed by atoms with Crippen molar-refractivity contribution in [3.05, 3.63) is 30.9 Å². The standard InChI is InChI=1S/C7H5N3/c1-2-9-7-6(1)5-8-3-4-10-7/h1-5H. The molecule has 0 saturated heterocycles. The Hall–Kier alpha value is -1.51. The minimum Gasteiger partial charge on any atom is -0.262 e. The summed E-state index contributed by atoms with van der Waals surface area (Å²) < 4.78 is 0. The van der Waals surface area contributed by atoms with Crippen LogP contribution in [0.2, 0.25) is 0 Å². The van der Waals surface area contributed by atoms with Crippen molar-refractivity contribution in [1.82, 2.24) is 15.0 Å². The fourth-order valence-corrected chi connectivity index (χ4v) is 0.812. The number of rotatable bonds is 0. The van der Waals surface area contributed by atoms with Crippen molar-refractivity contribution in [2.45, 2.75) is 0 Å². The van der Waals surface area contributed by atoms with Gasteiger partial charge in [0.25, 0.3) is 0 Å². The van der Waals surface area contributed by atoms with Gasteiger partial charge in [-0.3, -0.25) is 4.98 Å². The molecule has 2 heterocycles. The molecule has 10 heavy (non-hydrogen) atoms. The lowest BCUT2D eigenvalue weighted by atomic mass is 10.3. The SMILES string of the molecule is c1cnc2nccc-2cn1. The van der Waals surface area contributed by atoms with E-state index in [-0.39, 0.29) is 0 Å². The highest BCUT2D eigenvalue weighted by Gasteiger charge is 1.99. The number of aromatic nitrogens is 3. The molecule has 0 unspecified atom stereocenters. The van der Waals surface area contributed by atoms with Crippen molar-refractivity contribution in [3.8, 4) is 11.4 Å². The number of fused-ring (bicyclic) bond motifs is 1. The first kappa shape index (κ1) is 5.29. The molecule has 48 valence electrons. The van der Waals surface area contributed by atoms with Gasteiger partial charge in [-0.1, -0.05) is 0 Å². The van der Waals surface area contributed by atoms with Crippen LogP contribution >= 0.6 is 0 Å². The van der Waals surface area contributed by atoms with Crippen LogP contribution in [0.25, 0.3) is 11.4 Å². The molecule has 0 N–H and O–H groups in total. The predicted octanol–water partition coefficient (Wildman–Crippen LogP) is 0.976. The van der Waals surface area contributed by atoms with E-state index in [0.29, 0.717) is 0 Å². The third-order valence-corrected chi connectivity index (χ3v) is 1.27. The van der Waals surface area contributed by atoms with Gasteiger partial charge < -0.3 is 0 Å². The molecule has 3 nitrogen and oxygen atoms in total. The van der Waals surface area contributed by atoms with Gasteiger partial charge in [-0.15, -0.1) is 0 Å². The summed E-state index contributed by atoms with van der Waals surface area (Å²) in [4.78, 5) is 12.0. The van der Waals surface area contributed by atoms with Gasteiger partial charge in [-0.2, -0.15) is 0 Å². The van der Waals surface area contributed by atoms with Crippen LogP contribution in [0.15, 0.2) is 30.9 Å². The van der Waals surface area contributed by atoms with E-state index in [1.807, 2.05) is 6.07 Å². The van der Waals surface area contributed by atoms with Crippen LogP contribution in [0.1, 0.15) is 0 Å². The molecule has 0 aliphatic carbocycles. The van der Waals surface area contributed by atoms with Gasteiger partial charge in [-0.05, 0) is 6.07 Å². The van der Waals surface area contributed by atoms with E-state index >= 15 is 0 Å². The molecule has 2 rings (SSSR count). The third kappa shape index (κ3) is 0.719. The van der Waals surface area contributed by atoms with E-state index in [9.17, 15) is 0 Å². The maximum Gasteiger partial charge on any atom is 0.160 e. The molecule has 0 amide bonds. The summed E-state index contributed by atoms with van der Waals surface area (Å²) in [5.41, 5.74) is 0.977. The molecule has 0 aromatic carbocycles. The molecule has 0 atom stereocenters. The average Bonchev–Trinajstić information content (AvgIpc) is 2.28. The van der Waals surface area contributed by atoms with Crippen molar-refractivity contribution in [3.63, 3.8) is 0 Å². The first-order valence-electron chi connectivity index (χ1n) is 2.97. The Kier molecular flexibility index (Phi) is 1.07. The molecule has 0 radical (unpaired) electrons. The van der Waals surface area contributed by atoms with Crippen LogP contribution in [-0.2, 0) is 0 Å². The summed E-state index contributed by atoms with van der Waals surface area (Å²) in [6.07, 6.45) is 6.74. The maximum atomic E-state index is 4.03. The quantitative estimate of drug-likeness (QED) is 0.534. The molecule has 0 aromatic heterocycles. The molecule has 3 heteroatoms. The largest absolute Gasteiger partial charge is 0.262 e. The topological polar surface area (TPSA) is 38.7 Å². The normalized spacial score (nSPS) is 10.0. The Morgan fingerprint density at radius 2 is 1.90 bits per heavy atom. The fraction of sp³-hybridized carbons (Fsp3) is 0. The Bertz CT molecular complexity index is 280. The first-order valence-corrected chi connectivity index (χ1v) is 2.97. The summed E-state index contributed by atoms with van der Waals surface area (Å²) in [5.74, 6) is 0.748. The molecule has 0 saturated carbocycles. The Morgan fingerprint density at radius 1 is 1.00 bits per heavy atom. The van der Waals surface area contributed by atoms with Crippen LogP contribution in [-0.4, -0.2) is 15.0 Å². The van der Waals surface area contributed by atoms with E-state index < -0.39 is 0 Å². The Labute approximate surface area is 58.1 Å². The van der Waals surface area contributed by atoms with Crippen molar-refractivity contribution in [2.24, 2.45) is 0 Å². The second-order valence-corrected chi connectivity index (χ2v) is 1.93. The van der Waals surface area contributed by atoms with Crippen molar-refractivity contribution in [1.29, 1.82) is 0 Å². The lowest BCUT2D eigenvalue weighted by Gasteiger charge is -1.81. The Balaban J connectivity index is 2.74. The van der Waals surface area contributed by atoms with Crippen molar-refractivity contribution < 1.29 is 0 Å². The minimum atomic E-state index is 0.748. The highest BCUT2D eigenvalue weighted by molar-refractivity contribution is 5.53. The summed E-state index contributed by atoms with van der Waals surface area (Å²) in [5, 5.41) is 0. The van der Waals surface area contributed by atoms with E-state index in [2.05, 4.69) is 15.0 Å². The van der Waals surface area contributed by atoms with E-state index in [1.54, 1.807) is 24.8 Å². The molecule has 2 aliphatic heterocycles. The van der Waals surface area contributed by atoms with Gasteiger partial charge in [0.15, 0.2) is 5.82 Å². The zero-order chi connectivity index (χ0) is 6.81. The van der Waals surface area contributed by atoms with Gasteiger partial charge in [0.2, 0.25) is 0 Å².